The largest absolute Gasteiger partial charge is 0.382 e. The van der Waals surface area contributed by atoms with Crippen molar-refractivity contribution in [1.82, 2.24) is 19.5 Å². The number of hydrogen-bond acceptors (Lipinski definition) is 4. The van der Waals surface area contributed by atoms with E-state index in [1.165, 1.54) is 5.56 Å². The van der Waals surface area contributed by atoms with Crippen LogP contribution in [0, 0.1) is 13.8 Å². The molecule has 3 N–H and O–H groups in total. The van der Waals surface area contributed by atoms with Gasteiger partial charge in [-0.2, -0.15) is 0 Å². The number of nitrogens with two attached hydrogens (primary N) is 1. The van der Waals surface area contributed by atoms with Crippen molar-refractivity contribution in [3.63, 3.8) is 0 Å². The quantitative estimate of drug-likeness (QED) is 0.735. The molecule has 6 nitrogen and oxygen atoms in total. The fourth-order valence-electron chi connectivity index (χ4n) is 2.19. The Bertz CT molecular complexity index is 829. The van der Waals surface area contributed by atoms with Gasteiger partial charge >= 0.3 is 5.69 Å². The number of fused-ring (bicyclic) bond motifs is 1. The molecule has 0 bridgehead atoms. The first-order valence-electron chi connectivity index (χ1n) is 6.33. The molecule has 0 saturated heterocycles. The molecule has 1 aromatic carbocycles. The molecule has 2 aromatic heterocycles. The van der Waals surface area contributed by atoms with Crippen LogP contribution in [0.4, 0.5) is 5.82 Å². The Labute approximate surface area is 115 Å². The maximum Gasteiger partial charge on any atom is 0.328 e. The smallest absolute Gasteiger partial charge is 0.328 e. The summed E-state index contributed by atoms with van der Waals surface area (Å²) in [4.78, 5) is 23.1. The molecule has 3 aromatic rings. The van der Waals surface area contributed by atoms with E-state index >= 15 is 0 Å². The molecule has 0 aliphatic rings. The third kappa shape index (κ3) is 2.05. The lowest BCUT2D eigenvalue weighted by Crippen LogP contribution is -2.17. The summed E-state index contributed by atoms with van der Waals surface area (Å²) < 4.78 is 1.57. The minimum atomic E-state index is -0.229. The summed E-state index contributed by atoms with van der Waals surface area (Å²) in [5.41, 5.74) is 8.84. The standard InChI is InChI=1S/C14H15N5O/c1-8-3-5-10(6-4-8)7-19-13-11(18-14(19)20)12(15)16-9(2)17-13/h3-6H,7H2,1-2H3,(H,18,20)(H2,15,16,17). The Morgan fingerprint density at radius 2 is 1.90 bits per heavy atom. The van der Waals surface area contributed by atoms with Gasteiger partial charge in [0.1, 0.15) is 11.3 Å². The number of benzene rings is 1. The Hall–Kier alpha value is -2.63. The van der Waals surface area contributed by atoms with Crippen molar-refractivity contribution in [2.75, 3.05) is 5.73 Å². The first kappa shape index (κ1) is 12.4. The number of H-pyrrole nitrogens is 1. The number of aromatic nitrogens is 4. The second kappa shape index (κ2) is 4.48. The van der Waals surface area contributed by atoms with Crippen LogP contribution in [0.2, 0.25) is 0 Å². The van der Waals surface area contributed by atoms with Crippen LogP contribution < -0.4 is 11.4 Å². The van der Waals surface area contributed by atoms with Crippen molar-refractivity contribution < 1.29 is 0 Å². The first-order valence-corrected chi connectivity index (χ1v) is 6.33. The SMILES string of the molecule is Cc1ccc(Cn2c(=O)[nH]c3c(N)nc(C)nc32)cc1. The summed E-state index contributed by atoms with van der Waals surface area (Å²) >= 11 is 0. The summed E-state index contributed by atoms with van der Waals surface area (Å²) in [7, 11) is 0. The first-order chi connectivity index (χ1) is 9.54. The van der Waals surface area contributed by atoms with Crippen LogP contribution in [0.5, 0.6) is 0 Å². The number of aryl methyl sites for hydroxylation is 2. The van der Waals surface area contributed by atoms with E-state index in [1.54, 1.807) is 11.5 Å². The highest BCUT2D eigenvalue weighted by molar-refractivity contribution is 5.81. The van der Waals surface area contributed by atoms with Gasteiger partial charge in [-0.1, -0.05) is 29.8 Å². The fraction of sp³-hybridized carbons (Fsp3) is 0.214. The summed E-state index contributed by atoms with van der Waals surface area (Å²) in [5.74, 6) is 0.846. The zero-order chi connectivity index (χ0) is 14.3. The highest BCUT2D eigenvalue weighted by Crippen LogP contribution is 2.15. The van der Waals surface area contributed by atoms with Crippen LogP contribution in [0.25, 0.3) is 11.2 Å². The van der Waals surface area contributed by atoms with Gasteiger partial charge in [-0.25, -0.2) is 14.8 Å². The van der Waals surface area contributed by atoms with Crippen molar-refractivity contribution in [2.45, 2.75) is 20.4 Å². The van der Waals surface area contributed by atoms with E-state index in [1.807, 2.05) is 31.2 Å². The van der Waals surface area contributed by atoms with Gasteiger partial charge in [0.25, 0.3) is 0 Å². The average molecular weight is 269 g/mol. The van der Waals surface area contributed by atoms with Gasteiger partial charge in [0.05, 0.1) is 6.54 Å². The lowest BCUT2D eigenvalue weighted by atomic mass is 10.1. The molecule has 3 rings (SSSR count). The number of rotatable bonds is 2. The third-order valence-corrected chi connectivity index (χ3v) is 3.22. The number of aromatic amines is 1. The molecule has 0 amide bonds. The molecular formula is C14H15N5O. The molecule has 102 valence electrons. The molecule has 0 atom stereocenters. The van der Waals surface area contributed by atoms with Crippen molar-refractivity contribution >= 4 is 17.0 Å². The van der Waals surface area contributed by atoms with Crippen molar-refractivity contribution in [2.24, 2.45) is 0 Å². The maximum absolute atomic E-state index is 12.1. The number of anilines is 1. The summed E-state index contributed by atoms with van der Waals surface area (Å²) in [5, 5.41) is 0. The van der Waals surface area contributed by atoms with Gasteiger partial charge in [-0.05, 0) is 19.4 Å². The van der Waals surface area contributed by atoms with E-state index in [0.717, 1.165) is 5.56 Å². The monoisotopic (exact) mass is 269 g/mol. The number of nitrogens with zero attached hydrogens (tertiary/aromatic N) is 3. The molecule has 0 saturated carbocycles. The summed E-state index contributed by atoms with van der Waals surface area (Å²) in [6, 6.07) is 8.03. The second-order valence-corrected chi connectivity index (χ2v) is 4.86. The molecule has 0 aliphatic carbocycles. The molecule has 0 unspecified atom stereocenters. The molecule has 6 heteroatoms. The van der Waals surface area contributed by atoms with E-state index in [4.69, 9.17) is 5.73 Å². The lowest BCUT2D eigenvalue weighted by molar-refractivity contribution is 0.775. The molecule has 20 heavy (non-hydrogen) atoms. The molecule has 0 aliphatic heterocycles. The third-order valence-electron chi connectivity index (χ3n) is 3.22. The number of nitrogen functional groups attached to an aromatic ring is 1. The molecule has 0 fully saturated rings. The van der Waals surface area contributed by atoms with E-state index in [0.29, 0.717) is 29.4 Å². The van der Waals surface area contributed by atoms with E-state index in [2.05, 4.69) is 15.0 Å². The van der Waals surface area contributed by atoms with Crippen LogP contribution in [-0.2, 0) is 6.54 Å². The zero-order valence-electron chi connectivity index (χ0n) is 11.3. The summed E-state index contributed by atoms with van der Waals surface area (Å²) in [6.07, 6.45) is 0. The number of imidazole rings is 1. The van der Waals surface area contributed by atoms with E-state index in [9.17, 15) is 4.79 Å². The molecular weight excluding hydrogens is 254 g/mol. The van der Waals surface area contributed by atoms with E-state index in [-0.39, 0.29) is 5.69 Å². The van der Waals surface area contributed by atoms with Crippen molar-refractivity contribution in [3.05, 3.63) is 51.7 Å². The zero-order valence-corrected chi connectivity index (χ0v) is 11.3. The minimum Gasteiger partial charge on any atom is -0.382 e. The highest BCUT2D eigenvalue weighted by Gasteiger charge is 2.12. The normalized spacial score (nSPS) is 11.1. The van der Waals surface area contributed by atoms with Gasteiger partial charge in [0.2, 0.25) is 0 Å². The molecule has 2 heterocycles. The maximum atomic E-state index is 12.1. The van der Waals surface area contributed by atoms with Crippen LogP contribution in [-0.4, -0.2) is 19.5 Å². The Kier molecular flexibility index (Phi) is 2.78. The van der Waals surface area contributed by atoms with Crippen LogP contribution >= 0.6 is 0 Å². The van der Waals surface area contributed by atoms with Gasteiger partial charge in [0.15, 0.2) is 11.5 Å². The van der Waals surface area contributed by atoms with Gasteiger partial charge < -0.3 is 10.7 Å². The molecule has 0 spiro atoms. The number of nitrogens with one attached hydrogen (secondary N) is 1. The van der Waals surface area contributed by atoms with Crippen molar-refractivity contribution in [3.8, 4) is 0 Å². The van der Waals surface area contributed by atoms with Crippen molar-refractivity contribution in [1.29, 1.82) is 0 Å². The minimum absolute atomic E-state index is 0.229. The van der Waals surface area contributed by atoms with Crippen LogP contribution in [0.1, 0.15) is 17.0 Å². The number of hydrogen-bond donors (Lipinski definition) is 2. The van der Waals surface area contributed by atoms with Gasteiger partial charge in [0, 0.05) is 0 Å². The Morgan fingerprint density at radius 1 is 1.20 bits per heavy atom. The van der Waals surface area contributed by atoms with Crippen LogP contribution in [0.3, 0.4) is 0 Å². The van der Waals surface area contributed by atoms with Crippen LogP contribution in [0.15, 0.2) is 29.1 Å². The Balaban J connectivity index is 2.13. The average Bonchev–Trinajstić information content (AvgIpc) is 2.70. The Morgan fingerprint density at radius 3 is 2.60 bits per heavy atom. The lowest BCUT2D eigenvalue weighted by Gasteiger charge is -2.04. The predicted molar refractivity (Wildman–Crippen MR) is 77.6 cm³/mol. The highest BCUT2D eigenvalue weighted by atomic mass is 16.1. The second-order valence-electron chi connectivity index (χ2n) is 4.86. The predicted octanol–water partition coefficient (Wildman–Crippen LogP) is 1.37. The van der Waals surface area contributed by atoms with Gasteiger partial charge in [-0.15, -0.1) is 0 Å². The molecule has 0 radical (unpaired) electrons. The fourth-order valence-corrected chi connectivity index (χ4v) is 2.19. The summed E-state index contributed by atoms with van der Waals surface area (Å²) in [6.45, 7) is 4.23. The van der Waals surface area contributed by atoms with Gasteiger partial charge in [-0.3, -0.25) is 4.57 Å². The van der Waals surface area contributed by atoms with E-state index < -0.39 is 0 Å². The topological polar surface area (TPSA) is 89.6 Å².